The van der Waals surface area contributed by atoms with Gasteiger partial charge in [-0.25, -0.2) is 9.97 Å². The van der Waals surface area contributed by atoms with Gasteiger partial charge in [0.25, 0.3) is 0 Å². The van der Waals surface area contributed by atoms with E-state index in [2.05, 4.69) is 16.9 Å². The molecule has 1 saturated carbocycles. The highest BCUT2D eigenvalue weighted by molar-refractivity contribution is 5.18. The summed E-state index contributed by atoms with van der Waals surface area (Å²) in [5, 5.41) is 0. The van der Waals surface area contributed by atoms with Crippen LogP contribution in [0.1, 0.15) is 32.6 Å². The van der Waals surface area contributed by atoms with E-state index in [9.17, 15) is 0 Å². The molecule has 1 aliphatic carbocycles. The van der Waals surface area contributed by atoms with Gasteiger partial charge in [-0.3, -0.25) is 0 Å². The average molecular weight is 237 g/mol. The summed E-state index contributed by atoms with van der Waals surface area (Å²) in [6.07, 6.45) is 5.52. The van der Waals surface area contributed by atoms with Crippen molar-refractivity contribution in [1.82, 2.24) is 9.97 Å². The number of nitrogens with zero attached hydrogens (tertiary/aromatic N) is 2. The van der Waals surface area contributed by atoms with Crippen molar-refractivity contribution in [1.29, 1.82) is 0 Å². The Kier molecular flexibility index (Phi) is 4.14. The quantitative estimate of drug-likeness (QED) is 0.840. The van der Waals surface area contributed by atoms with Crippen LogP contribution in [0.25, 0.3) is 0 Å². The topological polar surface area (TPSA) is 70.3 Å². The van der Waals surface area contributed by atoms with Gasteiger partial charge in [0, 0.05) is 6.04 Å². The molecule has 0 radical (unpaired) electrons. The van der Waals surface area contributed by atoms with Crippen LogP contribution in [0.5, 0.6) is 11.8 Å². The smallest absolute Gasteiger partial charge is 0.220 e. The second-order valence-corrected chi connectivity index (χ2v) is 4.36. The highest BCUT2D eigenvalue weighted by atomic mass is 16.5. The molecule has 0 aliphatic heterocycles. The van der Waals surface area contributed by atoms with Crippen molar-refractivity contribution < 1.29 is 9.47 Å². The minimum atomic E-state index is 0.180. The Labute approximate surface area is 101 Å². The molecule has 0 amide bonds. The molecule has 2 N–H and O–H groups in total. The van der Waals surface area contributed by atoms with E-state index in [4.69, 9.17) is 15.2 Å². The van der Waals surface area contributed by atoms with E-state index in [-0.39, 0.29) is 12.1 Å². The van der Waals surface area contributed by atoms with Crippen molar-refractivity contribution in [2.75, 3.05) is 6.61 Å². The summed E-state index contributed by atoms with van der Waals surface area (Å²) in [5.41, 5.74) is 5.84. The lowest BCUT2D eigenvalue weighted by Gasteiger charge is -2.12. The van der Waals surface area contributed by atoms with E-state index >= 15 is 0 Å². The van der Waals surface area contributed by atoms with Crippen LogP contribution in [0.2, 0.25) is 0 Å². The lowest BCUT2D eigenvalue weighted by Crippen LogP contribution is -2.19. The average Bonchev–Trinajstić information content (AvgIpc) is 2.73. The molecule has 1 fully saturated rings. The first-order valence-electron chi connectivity index (χ1n) is 6.15. The molecule has 2 atom stereocenters. The van der Waals surface area contributed by atoms with Gasteiger partial charge in [-0.1, -0.05) is 6.92 Å². The monoisotopic (exact) mass is 237 g/mol. The Morgan fingerprint density at radius 1 is 1.35 bits per heavy atom. The van der Waals surface area contributed by atoms with Crippen molar-refractivity contribution in [2.24, 2.45) is 5.73 Å². The van der Waals surface area contributed by atoms with Crippen molar-refractivity contribution >= 4 is 0 Å². The minimum absolute atomic E-state index is 0.180. The lowest BCUT2D eigenvalue weighted by molar-refractivity contribution is 0.197. The Hall–Kier alpha value is -1.36. The number of nitrogens with two attached hydrogens (primary N) is 1. The fourth-order valence-corrected chi connectivity index (χ4v) is 1.92. The fourth-order valence-electron chi connectivity index (χ4n) is 1.92. The molecule has 0 spiro atoms. The number of rotatable bonds is 5. The number of hydrogen-bond acceptors (Lipinski definition) is 5. The molecule has 0 aromatic carbocycles. The molecule has 1 heterocycles. The molecule has 2 unspecified atom stereocenters. The largest absolute Gasteiger partial charge is 0.478 e. The van der Waals surface area contributed by atoms with E-state index in [1.165, 1.54) is 6.33 Å². The van der Waals surface area contributed by atoms with Crippen LogP contribution < -0.4 is 15.2 Å². The van der Waals surface area contributed by atoms with Crippen LogP contribution in [-0.2, 0) is 0 Å². The molecular formula is C12H19N3O2. The van der Waals surface area contributed by atoms with Gasteiger partial charge in [0.1, 0.15) is 12.4 Å². The van der Waals surface area contributed by atoms with Crippen LogP contribution in [0.4, 0.5) is 0 Å². The molecule has 94 valence electrons. The van der Waals surface area contributed by atoms with Crippen LogP contribution in [0, 0.1) is 0 Å². The Balaban J connectivity index is 1.91. The van der Waals surface area contributed by atoms with Gasteiger partial charge in [0.05, 0.1) is 12.7 Å². The lowest BCUT2D eigenvalue weighted by atomic mass is 10.3. The predicted octanol–water partition coefficient (Wildman–Crippen LogP) is 1.52. The summed E-state index contributed by atoms with van der Waals surface area (Å²) in [6, 6.07) is 2.00. The van der Waals surface area contributed by atoms with Gasteiger partial charge < -0.3 is 15.2 Å². The third-order valence-electron chi connectivity index (χ3n) is 2.78. The van der Waals surface area contributed by atoms with E-state index in [0.29, 0.717) is 18.4 Å². The van der Waals surface area contributed by atoms with E-state index in [1.54, 1.807) is 6.07 Å². The van der Waals surface area contributed by atoms with Crippen LogP contribution in [0.15, 0.2) is 12.4 Å². The molecular weight excluding hydrogens is 218 g/mol. The Morgan fingerprint density at radius 3 is 2.88 bits per heavy atom. The summed E-state index contributed by atoms with van der Waals surface area (Å²) in [7, 11) is 0. The van der Waals surface area contributed by atoms with Crippen molar-refractivity contribution in [3.63, 3.8) is 0 Å². The highest BCUT2D eigenvalue weighted by Gasteiger charge is 2.23. The SMILES string of the molecule is CCCOc1cc(OC2CCC(N)C2)ncn1. The van der Waals surface area contributed by atoms with E-state index in [0.717, 1.165) is 25.7 Å². The molecule has 0 bridgehead atoms. The van der Waals surface area contributed by atoms with Crippen LogP contribution >= 0.6 is 0 Å². The molecule has 2 rings (SSSR count). The maximum absolute atomic E-state index is 5.84. The zero-order chi connectivity index (χ0) is 12.1. The first-order chi connectivity index (χ1) is 8.28. The minimum Gasteiger partial charge on any atom is -0.478 e. The summed E-state index contributed by atoms with van der Waals surface area (Å²) in [5.74, 6) is 1.14. The number of ether oxygens (including phenoxy) is 2. The summed E-state index contributed by atoms with van der Waals surface area (Å²) < 4.78 is 11.2. The molecule has 1 aromatic rings. The number of aromatic nitrogens is 2. The third kappa shape index (κ3) is 3.56. The normalized spacial score (nSPS) is 23.6. The third-order valence-corrected chi connectivity index (χ3v) is 2.78. The fraction of sp³-hybridized carbons (Fsp3) is 0.667. The maximum Gasteiger partial charge on any atom is 0.220 e. The maximum atomic E-state index is 5.84. The van der Waals surface area contributed by atoms with Crippen molar-refractivity contribution in [3.05, 3.63) is 12.4 Å². The van der Waals surface area contributed by atoms with Gasteiger partial charge in [0.2, 0.25) is 11.8 Å². The summed E-state index contributed by atoms with van der Waals surface area (Å²) in [6.45, 7) is 2.71. The molecule has 0 saturated heterocycles. The first kappa shape index (κ1) is 12.1. The number of hydrogen-bond donors (Lipinski definition) is 1. The Morgan fingerprint density at radius 2 is 2.18 bits per heavy atom. The molecule has 1 aliphatic rings. The summed E-state index contributed by atoms with van der Waals surface area (Å²) >= 11 is 0. The molecule has 5 heteroatoms. The zero-order valence-electron chi connectivity index (χ0n) is 10.1. The second kappa shape index (κ2) is 5.82. The van der Waals surface area contributed by atoms with E-state index < -0.39 is 0 Å². The molecule has 5 nitrogen and oxygen atoms in total. The standard InChI is InChI=1S/C12H19N3O2/c1-2-5-16-11-7-12(15-8-14-11)17-10-4-3-9(13)6-10/h7-10H,2-6,13H2,1H3. The highest BCUT2D eigenvalue weighted by Crippen LogP contribution is 2.23. The van der Waals surface area contributed by atoms with Gasteiger partial charge >= 0.3 is 0 Å². The van der Waals surface area contributed by atoms with Crippen LogP contribution in [0.3, 0.4) is 0 Å². The predicted molar refractivity (Wildman–Crippen MR) is 64.1 cm³/mol. The zero-order valence-corrected chi connectivity index (χ0v) is 10.1. The molecule has 17 heavy (non-hydrogen) atoms. The van der Waals surface area contributed by atoms with Gasteiger partial charge in [-0.05, 0) is 25.7 Å². The Bertz CT molecular complexity index is 359. The second-order valence-electron chi connectivity index (χ2n) is 4.36. The van der Waals surface area contributed by atoms with Crippen LogP contribution in [-0.4, -0.2) is 28.7 Å². The van der Waals surface area contributed by atoms with Gasteiger partial charge in [-0.15, -0.1) is 0 Å². The van der Waals surface area contributed by atoms with E-state index in [1.807, 2.05) is 0 Å². The van der Waals surface area contributed by atoms with Gasteiger partial charge in [-0.2, -0.15) is 0 Å². The summed E-state index contributed by atoms with van der Waals surface area (Å²) in [4.78, 5) is 8.11. The first-order valence-corrected chi connectivity index (χ1v) is 6.15. The van der Waals surface area contributed by atoms with Gasteiger partial charge in [0.15, 0.2) is 0 Å². The van der Waals surface area contributed by atoms with Crippen molar-refractivity contribution in [2.45, 2.75) is 44.8 Å². The van der Waals surface area contributed by atoms with Crippen molar-refractivity contribution in [3.8, 4) is 11.8 Å². The molecule has 1 aromatic heterocycles.